The topological polar surface area (TPSA) is 58.2 Å². The van der Waals surface area contributed by atoms with Crippen LogP contribution in [0.1, 0.15) is 62.3 Å². The summed E-state index contributed by atoms with van der Waals surface area (Å²) in [6.45, 7) is 6.37. The zero-order chi connectivity index (χ0) is 23.6. The van der Waals surface area contributed by atoms with E-state index in [0.29, 0.717) is 12.3 Å². The third-order valence-corrected chi connectivity index (χ3v) is 6.60. The van der Waals surface area contributed by atoms with Crippen LogP contribution in [0.25, 0.3) is 0 Å². The van der Waals surface area contributed by atoms with Crippen LogP contribution in [-0.4, -0.2) is 11.8 Å². The minimum Gasteiger partial charge on any atom is -0.326 e. The molecule has 0 heterocycles. The zero-order valence-electron chi connectivity index (χ0n) is 19.5. The van der Waals surface area contributed by atoms with E-state index in [1.54, 1.807) is 0 Å². The number of rotatable bonds is 10. The Morgan fingerprint density at radius 1 is 0.788 bits per heavy atom. The first-order chi connectivity index (χ1) is 16.0. The summed E-state index contributed by atoms with van der Waals surface area (Å²) in [5, 5.41) is 5.59. The molecule has 0 saturated carbocycles. The highest BCUT2D eigenvalue weighted by atomic mass is 32.2. The van der Waals surface area contributed by atoms with E-state index >= 15 is 0 Å². The lowest BCUT2D eigenvalue weighted by Gasteiger charge is -2.18. The number of benzene rings is 3. The summed E-state index contributed by atoms with van der Waals surface area (Å²) in [6, 6.07) is 25.5. The molecule has 1 atom stereocenters. The number of nitrogens with one attached hydrogen (secondary N) is 2. The van der Waals surface area contributed by atoms with Gasteiger partial charge >= 0.3 is 0 Å². The van der Waals surface area contributed by atoms with Gasteiger partial charge in [-0.05, 0) is 59.9 Å². The molecule has 172 valence electrons. The van der Waals surface area contributed by atoms with Crippen LogP contribution >= 0.6 is 11.8 Å². The largest absolute Gasteiger partial charge is 0.326 e. The van der Waals surface area contributed by atoms with Gasteiger partial charge < -0.3 is 10.6 Å². The Balaban J connectivity index is 1.72. The number of hydrogen-bond acceptors (Lipinski definition) is 3. The van der Waals surface area contributed by atoms with Crippen molar-refractivity contribution in [2.75, 3.05) is 10.6 Å². The number of hydrogen-bond donors (Lipinski definition) is 2. The van der Waals surface area contributed by atoms with E-state index in [0.717, 1.165) is 34.7 Å². The molecule has 3 rings (SSSR count). The van der Waals surface area contributed by atoms with Gasteiger partial charge in [0.05, 0.1) is 0 Å². The molecule has 0 aliphatic rings. The summed E-state index contributed by atoms with van der Waals surface area (Å²) in [5.74, 6) is 0.407. The van der Waals surface area contributed by atoms with Crippen molar-refractivity contribution in [3.63, 3.8) is 0 Å². The highest BCUT2D eigenvalue weighted by Crippen LogP contribution is 2.36. The fraction of sp³-hybridized carbons (Fsp3) is 0.286. The molecule has 0 spiro atoms. The Labute approximate surface area is 201 Å². The first-order valence-corrected chi connectivity index (χ1v) is 12.4. The molecule has 0 aromatic heterocycles. The molecule has 0 bridgehead atoms. The molecule has 1 unspecified atom stereocenters. The van der Waals surface area contributed by atoms with E-state index < -0.39 is 5.25 Å². The van der Waals surface area contributed by atoms with Crippen LogP contribution in [0.3, 0.4) is 0 Å². The smallest absolute Gasteiger partial charge is 0.242 e. The lowest BCUT2D eigenvalue weighted by Crippen LogP contribution is -2.19. The molecule has 4 nitrogen and oxygen atoms in total. The Bertz CT molecular complexity index is 1030. The van der Waals surface area contributed by atoms with E-state index in [1.807, 2.05) is 66.7 Å². The lowest BCUT2D eigenvalue weighted by molar-refractivity contribution is -0.116. The molecule has 2 N–H and O–H groups in total. The monoisotopic (exact) mass is 460 g/mol. The van der Waals surface area contributed by atoms with Crippen molar-refractivity contribution < 1.29 is 9.59 Å². The normalized spacial score (nSPS) is 11.8. The second-order valence-electron chi connectivity index (χ2n) is 8.35. The number of thioether (sulfide) groups is 1. The molecule has 0 aliphatic heterocycles. The first-order valence-electron chi connectivity index (χ1n) is 11.5. The van der Waals surface area contributed by atoms with Crippen LogP contribution in [0.5, 0.6) is 0 Å². The molecular weight excluding hydrogens is 428 g/mol. The maximum absolute atomic E-state index is 13.3. The Hall–Kier alpha value is -3.05. The summed E-state index contributed by atoms with van der Waals surface area (Å²) in [6.07, 6.45) is 2.41. The van der Waals surface area contributed by atoms with E-state index in [1.165, 1.54) is 17.3 Å². The average Bonchev–Trinajstić information content (AvgIpc) is 2.83. The van der Waals surface area contributed by atoms with Crippen LogP contribution in [0.15, 0.2) is 83.8 Å². The number of amides is 2. The molecule has 0 fully saturated rings. The number of unbranched alkanes of at least 4 members (excludes halogenated alkanes) is 1. The summed E-state index contributed by atoms with van der Waals surface area (Å²) < 4.78 is 0. The maximum Gasteiger partial charge on any atom is 0.242 e. The van der Waals surface area contributed by atoms with Crippen molar-refractivity contribution in [3.8, 4) is 0 Å². The third kappa shape index (κ3) is 7.50. The van der Waals surface area contributed by atoms with Gasteiger partial charge in [-0.1, -0.05) is 69.7 Å². The van der Waals surface area contributed by atoms with Crippen LogP contribution in [0.2, 0.25) is 0 Å². The van der Waals surface area contributed by atoms with Crippen molar-refractivity contribution in [3.05, 3.63) is 90.0 Å². The second kappa shape index (κ2) is 12.3. The van der Waals surface area contributed by atoms with Crippen LogP contribution in [-0.2, 0) is 9.59 Å². The minimum absolute atomic E-state index is 0.0299. The molecule has 0 aliphatic carbocycles. The standard InChI is InChI=1S/C28H32N2O2S/c1-4-5-11-26(31)29-23-16-18-25(19-17-23)33-27(22-9-7-6-8-10-22)28(32)30-24-14-12-21(13-15-24)20(2)3/h6-10,12-20,27H,4-5,11H2,1-3H3,(H,29,31)(H,30,32). The summed E-state index contributed by atoms with van der Waals surface area (Å²) in [7, 11) is 0. The van der Waals surface area contributed by atoms with Crippen molar-refractivity contribution in [1.29, 1.82) is 0 Å². The SMILES string of the molecule is CCCCC(=O)Nc1ccc(SC(C(=O)Nc2ccc(C(C)C)cc2)c2ccccc2)cc1. The fourth-order valence-electron chi connectivity index (χ4n) is 3.37. The van der Waals surface area contributed by atoms with Gasteiger partial charge in [-0.15, -0.1) is 11.8 Å². The predicted octanol–water partition coefficient (Wildman–Crippen LogP) is 7.41. The molecular formula is C28H32N2O2S. The third-order valence-electron chi connectivity index (χ3n) is 5.33. The second-order valence-corrected chi connectivity index (χ2v) is 9.53. The Morgan fingerprint density at radius 3 is 2.00 bits per heavy atom. The van der Waals surface area contributed by atoms with Gasteiger partial charge in [-0.3, -0.25) is 9.59 Å². The zero-order valence-corrected chi connectivity index (χ0v) is 20.3. The Morgan fingerprint density at radius 2 is 1.39 bits per heavy atom. The number of anilines is 2. The van der Waals surface area contributed by atoms with Gasteiger partial charge in [-0.25, -0.2) is 0 Å². The fourth-order valence-corrected chi connectivity index (χ4v) is 4.40. The van der Waals surface area contributed by atoms with Crippen LogP contribution in [0, 0.1) is 0 Å². The predicted molar refractivity (Wildman–Crippen MR) is 139 cm³/mol. The highest BCUT2D eigenvalue weighted by molar-refractivity contribution is 8.00. The molecule has 5 heteroatoms. The number of carbonyl (C=O) groups is 2. The van der Waals surface area contributed by atoms with E-state index in [2.05, 4.69) is 43.5 Å². The highest BCUT2D eigenvalue weighted by Gasteiger charge is 2.22. The Kier molecular flexibility index (Phi) is 9.14. The molecule has 3 aromatic rings. The molecule has 3 aromatic carbocycles. The van der Waals surface area contributed by atoms with Gasteiger partial charge in [0.15, 0.2) is 0 Å². The molecule has 33 heavy (non-hydrogen) atoms. The van der Waals surface area contributed by atoms with E-state index in [-0.39, 0.29) is 11.8 Å². The lowest BCUT2D eigenvalue weighted by atomic mass is 10.0. The van der Waals surface area contributed by atoms with E-state index in [4.69, 9.17) is 0 Å². The van der Waals surface area contributed by atoms with Gasteiger partial charge in [0.25, 0.3) is 0 Å². The van der Waals surface area contributed by atoms with Crippen LogP contribution < -0.4 is 10.6 Å². The summed E-state index contributed by atoms with van der Waals surface area (Å²) >= 11 is 1.49. The van der Waals surface area contributed by atoms with Crippen LogP contribution in [0.4, 0.5) is 11.4 Å². The molecule has 2 amide bonds. The molecule has 0 radical (unpaired) electrons. The van der Waals surface area contributed by atoms with Crippen molar-refractivity contribution in [2.24, 2.45) is 0 Å². The molecule has 0 saturated heterocycles. The van der Waals surface area contributed by atoms with Gasteiger partial charge in [-0.2, -0.15) is 0 Å². The average molecular weight is 461 g/mol. The maximum atomic E-state index is 13.3. The van der Waals surface area contributed by atoms with E-state index in [9.17, 15) is 9.59 Å². The van der Waals surface area contributed by atoms with Gasteiger partial charge in [0.2, 0.25) is 11.8 Å². The van der Waals surface area contributed by atoms with Crippen molar-refractivity contribution in [1.82, 2.24) is 0 Å². The van der Waals surface area contributed by atoms with Gasteiger partial charge in [0, 0.05) is 22.7 Å². The number of carbonyl (C=O) groups excluding carboxylic acids is 2. The summed E-state index contributed by atoms with van der Waals surface area (Å²) in [4.78, 5) is 26.2. The van der Waals surface area contributed by atoms with Crippen molar-refractivity contribution in [2.45, 2.75) is 56.1 Å². The summed E-state index contributed by atoms with van der Waals surface area (Å²) in [5.41, 5.74) is 3.74. The quantitative estimate of drug-likeness (QED) is 0.310. The van der Waals surface area contributed by atoms with Crippen molar-refractivity contribution >= 4 is 35.0 Å². The van der Waals surface area contributed by atoms with Gasteiger partial charge in [0.1, 0.15) is 5.25 Å². The minimum atomic E-state index is -0.402. The first kappa shape index (κ1) is 24.6.